The molecule has 0 spiro atoms. The Morgan fingerprint density at radius 1 is 1.80 bits per heavy atom. The fourth-order valence-corrected chi connectivity index (χ4v) is 0.681. The molecular weight excluding hydrogens is 126 g/mol. The van der Waals surface area contributed by atoms with Crippen molar-refractivity contribution in [3.05, 3.63) is 0 Å². The van der Waals surface area contributed by atoms with Gasteiger partial charge in [-0.15, -0.1) is 0 Å². The lowest BCUT2D eigenvalue weighted by atomic mass is 10.2. The molecule has 1 amide bonds. The summed E-state index contributed by atoms with van der Waals surface area (Å²) in [5.41, 5.74) is -0.221. The first kappa shape index (κ1) is 6.20. The van der Waals surface area contributed by atoms with E-state index in [0.717, 1.165) is 6.42 Å². The first-order valence-corrected chi connectivity index (χ1v) is 3.70. The number of carbonyl (C=O) groups is 1. The minimum absolute atomic E-state index is 0.0274. The van der Waals surface area contributed by atoms with E-state index in [4.69, 9.17) is 1.37 Å². The van der Waals surface area contributed by atoms with Crippen molar-refractivity contribution in [3.8, 4) is 0 Å². The van der Waals surface area contributed by atoms with Crippen LogP contribution in [0.15, 0.2) is 0 Å². The molecule has 1 unspecified atom stereocenters. The van der Waals surface area contributed by atoms with E-state index >= 15 is 0 Å². The second-order valence-corrected chi connectivity index (χ2v) is 3.47. The summed E-state index contributed by atoms with van der Waals surface area (Å²) < 4.78 is 7.37. The Bertz CT molecular complexity index is 181. The molecule has 58 valence electrons. The third-order valence-corrected chi connectivity index (χ3v) is 1.75. The Kier molecular flexibility index (Phi) is 1.40. The highest BCUT2D eigenvalue weighted by molar-refractivity contribution is 5.79. The average molecular weight is 142 g/mol. The van der Waals surface area contributed by atoms with Crippen LogP contribution in [-0.2, 0) is 4.79 Å². The zero-order chi connectivity index (χ0) is 8.65. The quantitative estimate of drug-likeness (QED) is 0.619. The predicted molar refractivity (Wildman–Crippen MR) is 40.6 cm³/mol. The fraction of sp³-hybridized carbons (Fsp3) is 0.875. The molecule has 2 nitrogen and oxygen atoms in total. The minimum atomic E-state index is -0.221. The molecule has 0 aromatic rings. The second-order valence-electron chi connectivity index (χ2n) is 3.47. The lowest BCUT2D eigenvalue weighted by Crippen LogP contribution is -2.36. The summed E-state index contributed by atoms with van der Waals surface area (Å²) >= 11 is 0. The summed E-state index contributed by atoms with van der Waals surface area (Å²) in [6, 6.07) is 0. The molecule has 0 aromatic carbocycles. The maximum atomic E-state index is 11.1. The van der Waals surface area contributed by atoms with Gasteiger partial charge in [0.15, 0.2) is 0 Å². The molecule has 2 heteroatoms. The van der Waals surface area contributed by atoms with Crippen LogP contribution >= 0.6 is 0 Å². The Labute approximate surface area is 63.4 Å². The summed E-state index contributed by atoms with van der Waals surface area (Å²) in [5, 5.41) is 2.85. The SMILES string of the molecule is [2H]C1C[C@@]1(C)NC(=O)C(C)C. The Morgan fingerprint density at radius 2 is 2.30 bits per heavy atom. The van der Waals surface area contributed by atoms with Crippen molar-refractivity contribution in [2.24, 2.45) is 5.92 Å². The molecule has 1 fully saturated rings. The van der Waals surface area contributed by atoms with Crippen LogP contribution < -0.4 is 5.32 Å². The van der Waals surface area contributed by atoms with Gasteiger partial charge in [-0.05, 0) is 19.7 Å². The highest BCUT2D eigenvalue weighted by atomic mass is 16.2. The van der Waals surface area contributed by atoms with Crippen molar-refractivity contribution in [2.75, 3.05) is 0 Å². The molecule has 0 saturated heterocycles. The number of hydrogen-bond acceptors (Lipinski definition) is 1. The van der Waals surface area contributed by atoms with E-state index in [1.807, 2.05) is 20.8 Å². The molecule has 0 heterocycles. The molecule has 1 aliphatic carbocycles. The molecule has 0 aromatic heterocycles. The largest absolute Gasteiger partial charge is 0.351 e. The lowest BCUT2D eigenvalue weighted by molar-refractivity contribution is -0.124. The summed E-state index contributed by atoms with van der Waals surface area (Å²) in [5.74, 6) is 0.0851. The topological polar surface area (TPSA) is 29.1 Å². The van der Waals surface area contributed by atoms with Crippen LogP contribution in [-0.4, -0.2) is 11.4 Å². The van der Waals surface area contributed by atoms with E-state index in [1.165, 1.54) is 0 Å². The Hall–Kier alpha value is -0.530. The molecule has 1 aliphatic rings. The minimum Gasteiger partial charge on any atom is -0.351 e. The first-order chi connectivity index (χ1) is 4.96. The highest BCUT2D eigenvalue weighted by Gasteiger charge is 2.38. The van der Waals surface area contributed by atoms with Crippen molar-refractivity contribution >= 4 is 5.91 Å². The molecule has 0 aliphatic heterocycles. The van der Waals surface area contributed by atoms with E-state index in [-0.39, 0.29) is 23.8 Å². The normalized spacial score (nSPS) is 39.2. The lowest BCUT2D eigenvalue weighted by Gasteiger charge is -2.12. The van der Waals surface area contributed by atoms with Gasteiger partial charge in [0.1, 0.15) is 0 Å². The van der Waals surface area contributed by atoms with Crippen molar-refractivity contribution < 1.29 is 6.17 Å². The van der Waals surface area contributed by atoms with Gasteiger partial charge in [0.2, 0.25) is 5.91 Å². The van der Waals surface area contributed by atoms with E-state index in [9.17, 15) is 4.79 Å². The third-order valence-electron chi connectivity index (χ3n) is 1.75. The van der Waals surface area contributed by atoms with Crippen molar-refractivity contribution in [2.45, 2.75) is 39.1 Å². The van der Waals surface area contributed by atoms with E-state index in [0.29, 0.717) is 0 Å². The van der Waals surface area contributed by atoms with Crippen LogP contribution in [0.5, 0.6) is 0 Å². The van der Waals surface area contributed by atoms with Crippen LogP contribution in [0.25, 0.3) is 0 Å². The summed E-state index contributed by atoms with van der Waals surface area (Å²) in [6.07, 6.45) is 0.705. The van der Waals surface area contributed by atoms with Gasteiger partial charge >= 0.3 is 0 Å². The summed E-state index contributed by atoms with van der Waals surface area (Å²) in [6.45, 7) is 5.64. The van der Waals surface area contributed by atoms with Gasteiger partial charge in [-0.25, -0.2) is 0 Å². The predicted octanol–water partition coefficient (Wildman–Crippen LogP) is 1.31. The Morgan fingerprint density at radius 3 is 2.60 bits per heavy atom. The maximum Gasteiger partial charge on any atom is 0.222 e. The van der Waals surface area contributed by atoms with E-state index in [2.05, 4.69) is 5.32 Å². The number of rotatable bonds is 2. The van der Waals surface area contributed by atoms with Crippen molar-refractivity contribution in [1.29, 1.82) is 0 Å². The molecule has 1 saturated carbocycles. The average Bonchev–Trinajstić information content (AvgIpc) is 2.39. The van der Waals surface area contributed by atoms with Gasteiger partial charge in [0, 0.05) is 12.8 Å². The van der Waals surface area contributed by atoms with E-state index in [1.54, 1.807) is 0 Å². The second kappa shape index (κ2) is 2.26. The molecule has 10 heavy (non-hydrogen) atoms. The van der Waals surface area contributed by atoms with Gasteiger partial charge in [-0.3, -0.25) is 4.79 Å². The van der Waals surface area contributed by atoms with Gasteiger partial charge in [-0.2, -0.15) is 0 Å². The van der Waals surface area contributed by atoms with Crippen LogP contribution in [0, 0.1) is 5.92 Å². The number of hydrogen-bond donors (Lipinski definition) is 1. The number of amides is 1. The Balaban J connectivity index is 2.38. The standard InChI is InChI=1S/C8H15NO/c1-6(2)7(10)9-8(3)4-5-8/h6H,4-5H2,1-3H3,(H,9,10)/i4D/t4?,8-/m0/s1. The van der Waals surface area contributed by atoms with Gasteiger partial charge in [-0.1, -0.05) is 13.8 Å². The summed E-state index contributed by atoms with van der Waals surface area (Å²) in [4.78, 5) is 11.1. The van der Waals surface area contributed by atoms with Gasteiger partial charge in [0.25, 0.3) is 0 Å². The third kappa shape index (κ3) is 1.72. The van der Waals surface area contributed by atoms with Crippen LogP contribution in [0.4, 0.5) is 0 Å². The molecule has 2 atom stereocenters. The maximum absolute atomic E-state index is 11.1. The van der Waals surface area contributed by atoms with Gasteiger partial charge < -0.3 is 5.32 Å². The summed E-state index contributed by atoms with van der Waals surface area (Å²) in [7, 11) is 0. The molecular formula is C8H15NO. The smallest absolute Gasteiger partial charge is 0.222 e. The zero-order valence-corrected chi connectivity index (χ0v) is 6.77. The molecule has 1 N–H and O–H groups in total. The monoisotopic (exact) mass is 142 g/mol. The van der Waals surface area contributed by atoms with Crippen LogP contribution in [0.3, 0.4) is 0 Å². The fourth-order valence-electron chi connectivity index (χ4n) is 0.681. The number of carbonyl (C=O) groups excluding carboxylic acids is 1. The molecule has 0 bridgehead atoms. The first-order valence-electron chi connectivity index (χ1n) is 4.28. The number of nitrogens with one attached hydrogen (secondary N) is 1. The molecule has 1 rings (SSSR count). The van der Waals surface area contributed by atoms with Crippen LogP contribution in [0.1, 0.15) is 35.0 Å². The molecule has 0 radical (unpaired) electrons. The highest BCUT2D eigenvalue weighted by Crippen LogP contribution is 2.34. The zero-order valence-electron chi connectivity index (χ0n) is 7.77. The van der Waals surface area contributed by atoms with Crippen LogP contribution in [0.2, 0.25) is 0 Å². The van der Waals surface area contributed by atoms with Crippen molar-refractivity contribution in [3.63, 3.8) is 0 Å². The van der Waals surface area contributed by atoms with Crippen molar-refractivity contribution in [1.82, 2.24) is 5.32 Å². The van der Waals surface area contributed by atoms with Gasteiger partial charge in [0.05, 0.1) is 0 Å². The van der Waals surface area contributed by atoms with E-state index < -0.39 is 0 Å².